The Morgan fingerprint density at radius 3 is 2.21 bits per heavy atom. The van der Waals surface area contributed by atoms with Crippen LogP contribution in [0.2, 0.25) is 0 Å². The van der Waals surface area contributed by atoms with E-state index in [0.717, 1.165) is 5.56 Å². The molecule has 3 aromatic rings. The summed E-state index contributed by atoms with van der Waals surface area (Å²) in [5.41, 5.74) is 1.76. The van der Waals surface area contributed by atoms with Gasteiger partial charge in [0.15, 0.2) is 12.1 Å². The summed E-state index contributed by atoms with van der Waals surface area (Å²) in [4.78, 5) is 8.71. The number of para-hydroxylation sites is 1. The summed E-state index contributed by atoms with van der Waals surface area (Å²) in [5.74, 6) is 0.488. The summed E-state index contributed by atoms with van der Waals surface area (Å²) >= 11 is 0. The number of hydrogen-bond acceptors (Lipinski definition) is 4. The third kappa shape index (κ3) is 2.19. The molecule has 0 aliphatic carbocycles. The third-order valence-corrected chi connectivity index (χ3v) is 2.91. The van der Waals surface area contributed by atoms with Crippen LogP contribution >= 0.6 is 0 Å². The standard InChI is InChI=1S/C15H12N2O2/c18-15(19)13-11-8-4-5-9-12(11)16-14(17-13)10-6-2-1-3-7-10/h1-9,15,18-19H. The van der Waals surface area contributed by atoms with Crippen LogP contribution in [-0.2, 0) is 0 Å². The molecule has 0 fully saturated rings. The molecule has 1 aromatic heterocycles. The smallest absolute Gasteiger partial charge is 0.196 e. The van der Waals surface area contributed by atoms with Gasteiger partial charge in [0.25, 0.3) is 0 Å². The van der Waals surface area contributed by atoms with E-state index in [4.69, 9.17) is 0 Å². The van der Waals surface area contributed by atoms with Gasteiger partial charge in [-0.3, -0.25) is 0 Å². The van der Waals surface area contributed by atoms with Crippen molar-refractivity contribution in [3.8, 4) is 11.4 Å². The first-order valence-electron chi connectivity index (χ1n) is 5.94. The normalized spacial score (nSPS) is 11.1. The van der Waals surface area contributed by atoms with Gasteiger partial charge in [0.2, 0.25) is 0 Å². The van der Waals surface area contributed by atoms with Crippen molar-refractivity contribution in [3.63, 3.8) is 0 Å². The van der Waals surface area contributed by atoms with Gasteiger partial charge >= 0.3 is 0 Å². The highest BCUT2D eigenvalue weighted by atomic mass is 16.5. The lowest BCUT2D eigenvalue weighted by Crippen LogP contribution is -2.03. The van der Waals surface area contributed by atoms with Crippen molar-refractivity contribution in [3.05, 3.63) is 60.3 Å². The Kier molecular flexibility index (Phi) is 2.95. The molecule has 0 amide bonds. The van der Waals surface area contributed by atoms with Gasteiger partial charge in [-0.1, -0.05) is 48.5 Å². The molecule has 0 unspecified atom stereocenters. The highest BCUT2D eigenvalue weighted by Gasteiger charge is 2.13. The van der Waals surface area contributed by atoms with Crippen LogP contribution in [0.25, 0.3) is 22.3 Å². The minimum Gasteiger partial charge on any atom is -0.363 e. The van der Waals surface area contributed by atoms with E-state index in [9.17, 15) is 10.2 Å². The van der Waals surface area contributed by atoms with Gasteiger partial charge in [-0.2, -0.15) is 0 Å². The second kappa shape index (κ2) is 4.76. The SMILES string of the molecule is OC(O)c1nc(-c2ccccc2)nc2ccccc12. The van der Waals surface area contributed by atoms with Crippen molar-refractivity contribution in [2.75, 3.05) is 0 Å². The molecule has 0 saturated carbocycles. The molecule has 0 aliphatic heterocycles. The minimum absolute atomic E-state index is 0.226. The van der Waals surface area contributed by atoms with E-state index >= 15 is 0 Å². The Labute approximate surface area is 110 Å². The van der Waals surface area contributed by atoms with Crippen LogP contribution < -0.4 is 0 Å². The highest BCUT2D eigenvalue weighted by molar-refractivity contribution is 5.82. The van der Waals surface area contributed by atoms with E-state index in [0.29, 0.717) is 16.7 Å². The zero-order valence-corrected chi connectivity index (χ0v) is 10.1. The Morgan fingerprint density at radius 2 is 1.47 bits per heavy atom. The van der Waals surface area contributed by atoms with Crippen LogP contribution in [0, 0.1) is 0 Å². The summed E-state index contributed by atoms with van der Waals surface area (Å²) < 4.78 is 0. The number of fused-ring (bicyclic) bond motifs is 1. The Morgan fingerprint density at radius 1 is 0.789 bits per heavy atom. The van der Waals surface area contributed by atoms with E-state index in [1.807, 2.05) is 48.5 Å². The number of hydrogen-bond donors (Lipinski definition) is 2. The van der Waals surface area contributed by atoms with Crippen molar-refractivity contribution in [2.45, 2.75) is 6.29 Å². The fourth-order valence-corrected chi connectivity index (χ4v) is 2.01. The Bertz CT molecular complexity index is 712. The third-order valence-electron chi connectivity index (χ3n) is 2.91. The Balaban J connectivity index is 2.28. The number of aliphatic hydroxyl groups excluding tert-OH is 1. The predicted molar refractivity (Wildman–Crippen MR) is 72.2 cm³/mol. The molecule has 2 N–H and O–H groups in total. The van der Waals surface area contributed by atoms with Gasteiger partial charge in [0.05, 0.1) is 5.52 Å². The van der Waals surface area contributed by atoms with E-state index in [-0.39, 0.29) is 5.69 Å². The quantitative estimate of drug-likeness (QED) is 0.687. The molecule has 4 nitrogen and oxygen atoms in total. The summed E-state index contributed by atoms with van der Waals surface area (Å²) in [6, 6.07) is 16.7. The van der Waals surface area contributed by atoms with Gasteiger partial charge in [0, 0.05) is 10.9 Å². The lowest BCUT2D eigenvalue weighted by molar-refractivity contribution is -0.0445. The van der Waals surface area contributed by atoms with Crippen LogP contribution in [0.3, 0.4) is 0 Å². The van der Waals surface area contributed by atoms with Crippen LogP contribution in [0.4, 0.5) is 0 Å². The molecule has 0 radical (unpaired) electrons. The van der Waals surface area contributed by atoms with Crippen molar-refractivity contribution in [1.82, 2.24) is 9.97 Å². The molecule has 0 atom stereocenters. The second-order valence-electron chi connectivity index (χ2n) is 4.19. The van der Waals surface area contributed by atoms with Crippen molar-refractivity contribution >= 4 is 10.9 Å². The molecule has 3 rings (SSSR count). The molecule has 0 spiro atoms. The molecule has 0 bridgehead atoms. The summed E-state index contributed by atoms with van der Waals surface area (Å²) in [6.45, 7) is 0. The van der Waals surface area contributed by atoms with Crippen LogP contribution in [0.5, 0.6) is 0 Å². The molecule has 2 aromatic carbocycles. The van der Waals surface area contributed by atoms with Crippen molar-refractivity contribution in [1.29, 1.82) is 0 Å². The lowest BCUT2D eigenvalue weighted by atomic mass is 10.1. The molecule has 19 heavy (non-hydrogen) atoms. The number of benzene rings is 2. The summed E-state index contributed by atoms with van der Waals surface area (Å²) in [7, 11) is 0. The van der Waals surface area contributed by atoms with Crippen LogP contribution in [0.15, 0.2) is 54.6 Å². The monoisotopic (exact) mass is 252 g/mol. The zero-order valence-electron chi connectivity index (χ0n) is 10.1. The van der Waals surface area contributed by atoms with Crippen LogP contribution in [0.1, 0.15) is 12.0 Å². The predicted octanol–water partition coefficient (Wildman–Crippen LogP) is 2.28. The van der Waals surface area contributed by atoms with Gasteiger partial charge in [0.1, 0.15) is 5.69 Å². The topological polar surface area (TPSA) is 66.2 Å². The first-order valence-corrected chi connectivity index (χ1v) is 5.94. The van der Waals surface area contributed by atoms with Gasteiger partial charge in [-0.15, -0.1) is 0 Å². The van der Waals surface area contributed by atoms with Gasteiger partial charge < -0.3 is 10.2 Å². The lowest BCUT2D eigenvalue weighted by Gasteiger charge is -2.09. The zero-order chi connectivity index (χ0) is 13.2. The molecule has 4 heteroatoms. The minimum atomic E-state index is -1.62. The van der Waals surface area contributed by atoms with Gasteiger partial charge in [-0.05, 0) is 6.07 Å². The molecular formula is C15H12N2O2. The van der Waals surface area contributed by atoms with E-state index < -0.39 is 6.29 Å². The maximum absolute atomic E-state index is 9.46. The maximum Gasteiger partial charge on any atom is 0.196 e. The summed E-state index contributed by atoms with van der Waals surface area (Å²) in [5, 5.41) is 19.6. The molecule has 0 aliphatic rings. The molecular weight excluding hydrogens is 240 g/mol. The van der Waals surface area contributed by atoms with E-state index in [2.05, 4.69) is 9.97 Å². The fraction of sp³-hybridized carbons (Fsp3) is 0.0667. The number of aromatic nitrogens is 2. The fourth-order valence-electron chi connectivity index (χ4n) is 2.01. The average Bonchev–Trinajstić information content (AvgIpc) is 2.47. The molecule has 94 valence electrons. The second-order valence-corrected chi connectivity index (χ2v) is 4.19. The van der Waals surface area contributed by atoms with E-state index in [1.165, 1.54) is 0 Å². The largest absolute Gasteiger partial charge is 0.363 e. The molecule has 1 heterocycles. The van der Waals surface area contributed by atoms with Crippen molar-refractivity contribution in [2.24, 2.45) is 0 Å². The highest BCUT2D eigenvalue weighted by Crippen LogP contribution is 2.24. The number of rotatable bonds is 2. The first kappa shape index (κ1) is 11.8. The number of nitrogens with zero attached hydrogens (tertiary/aromatic N) is 2. The van der Waals surface area contributed by atoms with E-state index in [1.54, 1.807) is 6.07 Å². The first-order chi connectivity index (χ1) is 9.25. The van der Waals surface area contributed by atoms with Crippen LogP contribution in [-0.4, -0.2) is 20.2 Å². The molecule has 0 saturated heterocycles. The summed E-state index contributed by atoms with van der Waals surface area (Å²) in [6.07, 6.45) is -1.62. The van der Waals surface area contributed by atoms with Gasteiger partial charge in [-0.25, -0.2) is 9.97 Å². The van der Waals surface area contributed by atoms with Crippen molar-refractivity contribution < 1.29 is 10.2 Å². The average molecular weight is 252 g/mol. The Hall–Kier alpha value is -2.30. The number of aliphatic hydroxyl groups is 2. The maximum atomic E-state index is 9.46.